The molecule has 0 rings (SSSR count). The van der Waals surface area contributed by atoms with Crippen LogP contribution in [-0.2, 0) is 0 Å². The molecule has 1 nitrogen and oxygen atoms in total. The van der Waals surface area contributed by atoms with Crippen molar-refractivity contribution in [1.82, 2.24) is 0 Å². The summed E-state index contributed by atoms with van der Waals surface area (Å²) in [6.07, 6.45) is 1.21. The molecular formula is C6H14NSe+. The van der Waals surface area contributed by atoms with Gasteiger partial charge in [0, 0.05) is 0 Å². The first-order chi connectivity index (χ1) is 3.72. The molecule has 0 saturated carbocycles. The van der Waals surface area contributed by atoms with Gasteiger partial charge in [0.1, 0.15) is 0 Å². The van der Waals surface area contributed by atoms with E-state index < -0.39 is 0 Å². The summed E-state index contributed by atoms with van der Waals surface area (Å²) in [4.78, 5) is 0. The maximum absolute atomic E-state index is 2.26. The summed E-state index contributed by atoms with van der Waals surface area (Å²) in [5, 5.41) is 0. The predicted molar refractivity (Wildman–Crippen MR) is 39.0 cm³/mol. The maximum atomic E-state index is 2.26. The van der Waals surface area contributed by atoms with Gasteiger partial charge in [-0.15, -0.1) is 0 Å². The normalized spacial score (nSPS) is 9.00. The van der Waals surface area contributed by atoms with Crippen molar-refractivity contribution >= 4 is 19.6 Å². The molecule has 0 aliphatic rings. The SMILES string of the molecule is CCC([Se]C)=[N+](C)C. The Bertz CT molecular complexity index is 86.7. The second-order valence-electron chi connectivity index (χ2n) is 1.85. The number of nitrogens with zero attached hydrogens (tertiary/aromatic N) is 1. The second-order valence-corrected chi connectivity index (χ2v) is 3.69. The second kappa shape index (κ2) is 4.11. The van der Waals surface area contributed by atoms with Gasteiger partial charge in [-0.1, -0.05) is 0 Å². The topological polar surface area (TPSA) is 3.01 Å². The van der Waals surface area contributed by atoms with Crippen LogP contribution in [0.3, 0.4) is 0 Å². The summed E-state index contributed by atoms with van der Waals surface area (Å²) in [7, 11) is 4.23. The van der Waals surface area contributed by atoms with Crippen molar-refractivity contribution in [3.8, 4) is 0 Å². The Kier molecular flexibility index (Phi) is 4.20. The fourth-order valence-electron chi connectivity index (χ4n) is 0.643. The molecule has 0 aromatic heterocycles. The quantitative estimate of drug-likeness (QED) is 0.335. The number of rotatable bonds is 2. The molecule has 0 amide bonds. The van der Waals surface area contributed by atoms with Crippen molar-refractivity contribution in [2.75, 3.05) is 14.1 Å². The van der Waals surface area contributed by atoms with E-state index in [4.69, 9.17) is 0 Å². The number of hydrogen-bond acceptors (Lipinski definition) is 0. The molecule has 8 heavy (non-hydrogen) atoms. The van der Waals surface area contributed by atoms with E-state index in [1.165, 1.54) is 6.42 Å². The van der Waals surface area contributed by atoms with Gasteiger partial charge in [0.15, 0.2) is 0 Å². The summed E-state index contributed by atoms with van der Waals surface area (Å²) < 4.78 is 3.80. The van der Waals surface area contributed by atoms with Crippen LogP contribution in [0.15, 0.2) is 0 Å². The van der Waals surface area contributed by atoms with Crippen LogP contribution in [0.5, 0.6) is 0 Å². The van der Waals surface area contributed by atoms with Gasteiger partial charge >= 0.3 is 57.4 Å². The van der Waals surface area contributed by atoms with E-state index >= 15 is 0 Å². The summed E-state index contributed by atoms with van der Waals surface area (Å²) in [5.74, 6) is 2.26. The zero-order valence-corrected chi connectivity index (χ0v) is 7.78. The summed E-state index contributed by atoms with van der Waals surface area (Å²) in [5.41, 5.74) is 0. The zero-order valence-electron chi connectivity index (χ0n) is 6.06. The first kappa shape index (κ1) is 8.19. The molecule has 0 unspecified atom stereocenters. The van der Waals surface area contributed by atoms with Crippen molar-refractivity contribution in [3.63, 3.8) is 0 Å². The molecule has 0 bridgehead atoms. The van der Waals surface area contributed by atoms with Crippen LogP contribution in [0.4, 0.5) is 0 Å². The third-order valence-corrected chi connectivity index (χ3v) is 3.40. The molecule has 0 atom stereocenters. The monoisotopic (exact) mass is 180 g/mol. The predicted octanol–water partition coefficient (Wildman–Crippen LogP) is 0.819. The molecule has 0 fully saturated rings. The molecule has 0 aromatic carbocycles. The standard InChI is InChI=1S/C6H14NSe/c1-5-6(8-4)7(2)3/h5H2,1-4H3/q+1. The number of hydrogen-bond donors (Lipinski definition) is 0. The summed E-state index contributed by atoms with van der Waals surface area (Å²) in [6, 6.07) is 0. The van der Waals surface area contributed by atoms with Crippen LogP contribution in [0, 0.1) is 0 Å². The van der Waals surface area contributed by atoms with Crippen LogP contribution in [-0.4, -0.2) is 38.2 Å². The van der Waals surface area contributed by atoms with Gasteiger partial charge in [-0.2, -0.15) is 0 Å². The Hall–Kier alpha value is 0.189. The molecule has 0 aliphatic carbocycles. The van der Waals surface area contributed by atoms with Crippen molar-refractivity contribution in [2.45, 2.75) is 19.2 Å². The third-order valence-electron chi connectivity index (χ3n) is 1.04. The molecule has 48 valence electrons. The minimum atomic E-state index is 0.707. The van der Waals surface area contributed by atoms with Gasteiger partial charge in [-0.3, -0.25) is 0 Å². The van der Waals surface area contributed by atoms with Gasteiger partial charge < -0.3 is 0 Å². The van der Waals surface area contributed by atoms with Crippen molar-refractivity contribution in [2.24, 2.45) is 0 Å². The zero-order chi connectivity index (χ0) is 6.57. The van der Waals surface area contributed by atoms with E-state index in [1.54, 1.807) is 4.61 Å². The summed E-state index contributed by atoms with van der Waals surface area (Å²) in [6.45, 7) is 2.21. The van der Waals surface area contributed by atoms with E-state index in [1.807, 2.05) is 0 Å². The Morgan fingerprint density at radius 1 is 1.50 bits per heavy atom. The molecular weight excluding hydrogens is 165 g/mol. The van der Waals surface area contributed by atoms with Gasteiger partial charge in [0.05, 0.1) is 0 Å². The van der Waals surface area contributed by atoms with Crippen molar-refractivity contribution < 1.29 is 4.58 Å². The molecule has 0 radical (unpaired) electrons. The molecule has 0 aliphatic heterocycles. The molecule has 2 heteroatoms. The molecule has 0 saturated heterocycles. The van der Waals surface area contributed by atoms with Crippen LogP contribution in [0.1, 0.15) is 13.3 Å². The van der Waals surface area contributed by atoms with Gasteiger partial charge in [-0.05, 0) is 0 Å². The first-order valence-electron chi connectivity index (χ1n) is 2.79. The van der Waals surface area contributed by atoms with Crippen molar-refractivity contribution in [3.05, 3.63) is 0 Å². The molecule has 0 heterocycles. The average Bonchev–Trinajstić information content (AvgIpc) is 1.69. The van der Waals surface area contributed by atoms with E-state index in [-0.39, 0.29) is 0 Å². The van der Waals surface area contributed by atoms with Crippen LogP contribution >= 0.6 is 0 Å². The van der Waals surface area contributed by atoms with Gasteiger partial charge in [0.25, 0.3) is 0 Å². The van der Waals surface area contributed by atoms with E-state index in [9.17, 15) is 0 Å². The minimum absolute atomic E-state index is 0.707. The molecule has 0 aromatic rings. The fraction of sp³-hybridized carbons (Fsp3) is 0.833. The Balaban J connectivity index is 3.86. The van der Waals surface area contributed by atoms with Crippen molar-refractivity contribution in [1.29, 1.82) is 0 Å². The first-order valence-corrected chi connectivity index (χ1v) is 5.36. The van der Waals surface area contributed by atoms with Gasteiger partial charge in [-0.25, -0.2) is 0 Å². The fourth-order valence-corrected chi connectivity index (χ4v) is 2.01. The Labute approximate surface area is 57.9 Å². The van der Waals surface area contributed by atoms with E-state index in [0.717, 1.165) is 0 Å². The third kappa shape index (κ3) is 2.49. The molecule has 0 spiro atoms. The van der Waals surface area contributed by atoms with Crippen LogP contribution < -0.4 is 0 Å². The van der Waals surface area contributed by atoms with Gasteiger partial charge in [0.2, 0.25) is 0 Å². The Morgan fingerprint density at radius 2 is 2.00 bits per heavy atom. The molecule has 0 N–H and O–H groups in total. The Morgan fingerprint density at radius 3 is 2.00 bits per heavy atom. The van der Waals surface area contributed by atoms with E-state index in [2.05, 4.69) is 31.4 Å². The van der Waals surface area contributed by atoms with Crippen LogP contribution in [0.2, 0.25) is 5.82 Å². The van der Waals surface area contributed by atoms with Crippen LogP contribution in [0.25, 0.3) is 0 Å². The summed E-state index contributed by atoms with van der Waals surface area (Å²) >= 11 is 0.707. The average molecular weight is 179 g/mol. The van der Waals surface area contributed by atoms with E-state index in [0.29, 0.717) is 15.0 Å².